The molecule has 0 atom stereocenters. The summed E-state index contributed by atoms with van der Waals surface area (Å²) in [6.07, 6.45) is 0. The monoisotopic (exact) mass is 380 g/mol. The van der Waals surface area contributed by atoms with Crippen molar-refractivity contribution in [2.45, 2.75) is 10.9 Å². The van der Waals surface area contributed by atoms with E-state index >= 15 is 0 Å². The quantitative estimate of drug-likeness (QED) is 0.508. The molecule has 9 heteroatoms. The van der Waals surface area contributed by atoms with Crippen LogP contribution in [0.5, 0.6) is 0 Å². The van der Waals surface area contributed by atoms with Crippen molar-refractivity contribution in [3.05, 3.63) is 56.4 Å². The van der Waals surface area contributed by atoms with Gasteiger partial charge in [0.15, 0.2) is 5.16 Å². The van der Waals surface area contributed by atoms with Gasteiger partial charge in [-0.15, -0.1) is 21.5 Å². The van der Waals surface area contributed by atoms with E-state index in [9.17, 15) is 9.18 Å². The number of thioether (sulfide) groups is 1. The molecular formula is C15H10ClFN4OS2. The number of halogens is 2. The van der Waals surface area contributed by atoms with Crippen molar-refractivity contribution in [2.75, 3.05) is 0 Å². The topological polar surface area (TPSA) is 52.2 Å². The van der Waals surface area contributed by atoms with Gasteiger partial charge in [0.1, 0.15) is 10.5 Å². The first-order valence-corrected chi connectivity index (χ1v) is 9.18. The van der Waals surface area contributed by atoms with Gasteiger partial charge < -0.3 is 0 Å². The van der Waals surface area contributed by atoms with E-state index in [1.807, 2.05) is 15.8 Å². The van der Waals surface area contributed by atoms with E-state index in [-0.39, 0.29) is 11.4 Å². The molecule has 3 aromatic heterocycles. The third kappa shape index (κ3) is 2.42. The molecule has 0 saturated heterocycles. The van der Waals surface area contributed by atoms with Gasteiger partial charge >= 0.3 is 0 Å². The number of nitrogens with zero attached hydrogens (tertiary/aromatic N) is 4. The molecule has 0 saturated carbocycles. The standard InChI is InChI=1S/C15H10ClFN4OS2/c1-20-13(22)12-11(4-5-23-12)21-14(20)18-19-15(21)24-7-8-2-3-9(17)6-10(8)16/h2-6H,7H2,1H3. The SMILES string of the molecule is Cn1c(=O)c2sccc2n2c(SCc3ccc(F)cc3Cl)nnc12. The molecule has 4 aromatic rings. The summed E-state index contributed by atoms with van der Waals surface area (Å²) in [5, 5.41) is 11.2. The highest BCUT2D eigenvalue weighted by atomic mass is 35.5. The molecule has 0 aliphatic carbocycles. The zero-order chi connectivity index (χ0) is 16.8. The lowest BCUT2D eigenvalue weighted by molar-refractivity contribution is 0.627. The largest absolute Gasteiger partial charge is 0.279 e. The Morgan fingerprint density at radius 1 is 1.33 bits per heavy atom. The van der Waals surface area contributed by atoms with E-state index in [0.29, 0.717) is 26.4 Å². The number of fused-ring (bicyclic) bond motifs is 3. The maximum Gasteiger partial charge on any atom is 0.272 e. The Morgan fingerprint density at radius 2 is 2.17 bits per heavy atom. The van der Waals surface area contributed by atoms with Crippen molar-refractivity contribution >= 4 is 50.7 Å². The summed E-state index contributed by atoms with van der Waals surface area (Å²) in [5.41, 5.74) is 1.51. The van der Waals surface area contributed by atoms with Crippen LogP contribution in [0, 0.1) is 5.82 Å². The summed E-state index contributed by atoms with van der Waals surface area (Å²) >= 11 is 8.90. The van der Waals surface area contributed by atoms with Gasteiger partial charge in [-0.2, -0.15) is 0 Å². The maximum absolute atomic E-state index is 13.1. The Morgan fingerprint density at radius 3 is 2.96 bits per heavy atom. The Bertz CT molecular complexity index is 1130. The summed E-state index contributed by atoms with van der Waals surface area (Å²) in [7, 11) is 1.68. The molecule has 0 N–H and O–H groups in total. The Labute approximate surface area is 148 Å². The molecule has 0 amide bonds. The van der Waals surface area contributed by atoms with Crippen LogP contribution < -0.4 is 5.56 Å². The predicted octanol–water partition coefficient (Wildman–Crippen LogP) is 3.73. The van der Waals surface area contributed by atoms with Crippen LogP contribution in [0.1, 0.15) is 5.56 Å². The fourth-order valence-electron chi connectivity index (χ4n) is 2.45. The summed E-state index contributed by atoms with van der Waals surface area (Å²) in [6.45, 7) is 0. The molecule has 3 heterocycles. The third-order valence-corrected chi connectivity index (χ3v) is 5.89. The van der Waals surface area contributed by atoms with E-state index < -0.39 is 0 Å². The second kappa shape index (κ2) is 5.87. The Kier molecular flexibility index (Phi) is 3.82. The zero-order valence-corrected chi connectivity index (χ0v) is 14.8. The molecule has 4 rings (SSSR count). The van der Waals surface area contributed by atoms with Gasteiger partial charge in [0.25, 0.3) is 5.56 Å². The number of aryl methyl sites for hydroxylation is 1. The molecule has 0 aliphatic rings. The number of hydrogen-bond donors (Lipinski definition) is 0. The predicted molar refractivity (Wildman–Crippen MR) is 94.6 cm³/mol. The minimum atomic E-state index is -0.364. The lowest BCUT2D eigenvalue weighted by atomic mass is 10.2. The van der Waals surface area contributed by atoms with E-state index in [1.165, 1.54) is 39.8 Å². The summed E-state index contributed by atoms with van der Waals surface area (Å²) in [5.74, 6) is 0.643. The van der Waals surface area contributed by atoms with Crippen molar-refractivity contribution < 1.29 is 4.39 Å². The van der Waals surface area contributed by atoms with Crippen LogP contribution in [-0.4, -0.2) is 19.2 Å². The molecular weight excluding hydrogens is 371 g/mol. The van der Waals surface area contributed by atoms with Crippen molar-refractivity contribution in [3.8, 4) is 0 Å². The van der Waals surface area contributed by atoms with Gasteiger partial charge in [0, 0.05) is 17.8 Å². The second-order valence-electron chi connectivity index (χ2n) is 5.14. The maximum atomic E-state index is 13.1. The fraction of sp³-hybridized carbons (Fsp3) is 0.133. The number of hydrogen-bond acceptors (Lipinski definition) is 5. The minimum absolute atomic E-state index is 0.0852. The van der Waals surface area contributed by atoms with Crippen LogP contribution in [0.15, 0.2) is 39.6 Å². The van der Waals surface area contributed by atoms with Crippen molar-refractivity contribution in [1.29, 1.82) is 0 Å². The summed E-state index contributed by atoms with van der Waals surface area (Å²) in [6, 6.07) is 6.21. The molecule has 24 heavy (non-hydrogen) atoms. The molecule has 0 spiro atoms. The normalized spacial score (nSPS) is 11.6. The van der Waals surface area contributed by atoms with Gasteiger partial charge in [-0.3, -0.25) is 13.8 Å². The highest BCUT2D eigenvalue weighted by molar-refractivity contribution is 7.98. The zero-order valence-electron chi connectivity index (χ0n) is 12.4. The lowest BCUT2D eigenvalue weighted by Gasteiger charge is -2.06. The summed E-state index contributed by atoms with van der Waals surface area (Å²) < 4.78 is 17.1. The van der Waals surface area contributed by atoms with Gasteiger partial charge in [-0.1, -0.05) is 29.4 Å². The van der Waals surface area contributed by atoms with Gasteiger partial charge in [0.05, 0.1) is 5.52 Å². The Hall–Kier alpha value is -1.90. The Balaban J connectivity index is 1.79. The molecule has 1 aromatic carbocycles. The second-order valence-corrected chi connectivity index (χ2v) is 7.41. The highest BCUT2D eigenvalue weighted by Crippen LogP contribution is 2.28. The van der Waals surface area contributed by atoms with Crippen LogP contribution in [0.3, 0.4) is 0 Å². The van der Waals surface area contributed by atoms with Crippen LogP contribution >= 0.6 is 34.7 Å². The van der Waals surface area contributed by atoms with Crippen LogP contribution in [0.25, 0.3) is 16.0 Å². The first kappa shape index (κ1) is 15.6. The highest BCUT2D eigenvalue weighted by Gasteiger charge is 2.16. The molecule has 122 valence electrons. The first-order chi connectivity index (χ1) is 11.6. The molecule has 0 unspecified atom stereocenters. The van der Waals surface area contributed by atoms with Crippen molar-refractivity contribution in [1.82, 2.24) is 19.2 Å². The van der Waals surface area contributed by atoms with Crippen LogP contribution in [0.2, 0.25) is 5.02 Å². The number of aromatic nitrogens is 4. The van der Waals surface area contributed by atoms with Crippen LogP contribution in [-0.2, 0) is 12.8 Å². The molecule has 0 bridgehead atoms. The van der Waals surface area contributed by atoms with E-state index in [0.717, 1.165) is 11.1 Å². The fourth-order valence-corrected chi connectivity index (χ4v) is 4.55. The van der Waals surface area contributed by atoms with E-state index in [1.54, 1.807) is 13.1 Å². The van der Waals surface area contributed by atoms with E-state index in [4.69, 9.17) is 11.6 Å². The molecule has 0 radical (unpaired) electrons. The first-order valence-electron chi connectivity index (χ1n) is 6.94. The summed E-state index contributed by atoms with van der Waals surface area (Å²) in [4.78, 5) is 12.3. The average Bonchev–Trinajstić information content (AvgIpc) is 3.18. The number of rotatable bonds is 3. The lowest BCUT2D eigenvalue weighted by Crippen LogP contribution is -2.18. The third-order valence-electron chi connectivity index (χ3n) is 3.67. The van der Waals surface area contributed by atoms with Gasteiger partial charge in [0.2, 0.25) is 5.78 Å². The minimum Gasteiger partial charge on any atom is -0.279 e. The molecule has 0 fully saturated rings. The average molecular weight is 381 g/mol. The van der Waals surface area contributed by atoms with Gasteiger partial charge in [-0.05, 0) is 29.1 Å². The van der Waals surface area contributed by atoms with Crippen molar-refractivity contribution in [3.63, 3.8) is 0 Å². The van der Waals surface area contributed by atoms with Gasteiger partial charge in [-0.25, -0.2) is 4.39 Å². The molecule has 5 nitrogen and oxygen atoms in total. The van der Waals surface area contributed by atoms with E-state index in [2.05, 4.69) is 10.2 Å². The molecule has 0 aliphatic heterocycles. The van der Waals surface area contributed by atoms with Crippen LogP contribution in [0.4, 0.5) is 4.39 Å². The number of thiophene rings is 1. The number of benzene rings is 1. The smallest absolute Gasteiger partial charge is 0.272 e. The van der Waals surface area contributed by atoms with Crippen molar-refractivity contribution in [2.24, 2.45) is 7.05 Å².